The number of likely N-dealkylation sites (tertiary alicyclic amines) is 1. The molecule has 0 aliphatic carbocycles. The first-order chi connectivity index (χ1) is 13.6. The summed E-state index contributed by atoms with van der Waals surface area (Å²) in [5.41, 5.74) is -0.679. The number of amides is 2. The Bertz CT molecular complexity index is 731. The van der Waals surface area contributed by atoms with Crippen molar-refractivity contribution in [1.82, 2.24) is 10.2 Å². The number of carbonyl (C=O) groups excluding carboxylic acids is 3. The van der Waals surface area contributed by atoms with E-state index in [1.807, 2.05) is 0 Å². The number of nitrogens with one attached hydrogen (secondary N) is 1. The maximum Gasteiger partial charge on any atom is 0.411 e. The first-order valence-electron chi connectivity index (χ1n) is 9.34. The van der Waals surface area contributed by atoms with E-state index in [9.17, 15) is 14.4 Å². The standard InChI is InChI=1S/C20H27ClN2O6/c1-20(2,3)29-19(26)23-10-9-14(11-16(23)18(25)27-4)22-17(24)12-28-15-7-5-13(21)6-8-15/h5-8,14,16H,9-12H2,1-4H3,(H,22,24). The summed E-state index contributed by atoms with van der Waals surface area (Å²) >= 11 is 5.81. The fraction of sp³-hybridized carbons (Fsp3) is 0.550. The number of esters is 1. The van der Waals surface area contributed by atoms with Crippen molar-refractivity contribution in [1.29, 1.82) is 0 Å². The highest BCUT2D eigenvalue weighted by atomic mass is 35.5. The van der Waals surface area contributed by atoms with Gasteiger partial charge in [-0.05, 0) is 57.9 Å². The zero-order valence-corrected chi connectivity index (χ0v) is 17.8. The molecule has 1 aliphatic heterocycles. The van der Waals surface area contributed by atoms with Crippen molar-refractivity contribution in [3.05, 3.63) is 29.3 Å². The van der Waals surface area contributed by atoms with Crippen LogP contribution in [0.4, 0.5) is 4.79 Å². The van der Waals surface area contributed by atoms with E-state index in [2.05, 4.69) is 5.32 Å². The van der Waals surface area contributed by atoms with Crippen LogP contribution in [0.3, 0.4) is 0 Å². The van der Waals surface area contributed by atoms with Crippen LogP contribution in [0.15, 0.2) is 24.3 Å². The first kappa shape index (κ1) is 22.8. The summed E-state index contributed by atoms with van der Waals surface area (Å²) in [7, 11) is 1.26. The third-order valence-corrected chi connectivity index (χ3v) is 4.50. The van der Waals surface area contributed by atoms with Crippen molar-refractivity contribution in [3.63, 3.8) is 0 Å². The number of halogens is 1. The SMILES string of the molecule is COC(=O)C1CC(NC(=O)COc2ccc(Cl)cc2)CCN1C(=O)OC(C)(C)C. The molecule has 0 bridgehead atoms. The van der Waals surface area contributed by atoms with Gasteiger partial charge in [-0.15, -0.1) is 0 Å². The monoisotopic (exact) mass is 426 g/mol. The molecule has 0 spiro atoms. The Labute approximate surface area is 175 Å². The molecule has 2 unspecified atom stereocenters. The van der Waals surface area contributed by atoms with Crippen LogP contribution in [-0.4, -0.2) is 60.8 Å². The number of nitrogens with zero attached hydrogens (tertiary/aromatic N) is 1. The van der Waals surface area contributed by atoms with Crippen molar-refractivity contribution < 1.29 is 28.6 Å². The Morgan fingerprint density at radius 2 is 1.86 bits per heavy atom. The molecule has 2 amide bonds. The second kappa shape index (κ2) is 9.82. The van der Waals surface area contributed by atoms with E-state index in [0.29, 0.717) is 17.2 Å². The summed E-state index contributed by atoms with van der Waals surface area (Å²) in [4.78, 5) is 38.2. The van der Waals surface area contributed by atoms with Gasteiger partial charge in [0.2, 0.25) is 0 Å². The van der Waals surface area contributed by atoms with Gasteiger partial charge in [0.1, 0.15) is 17.4 Å². The van der Waals surface area contributed by atoms with Crippen molar-refractivity contribution >= 4 is 29.6 Å². The van der Waals surface area contributed by atoms with E-state index in [-0.39, 0.29) is 31.5 Å². The smallest absolute Gasteiger partial charge is 0.411 e. The van der Waals surface area contributed by atoms with Gasteiger partial charge in [-0.2, -0.15) is 0 Å². The molecule has 0 aromatic heterocycles. The minimum atomic E-state index is -0.828. The molecule has 1 aromatic rings. The van der Waals surface area contributed by atoms with E-state index in [4.69, 9.17) is 25.8 Å². The normalized spacial score (nSPS) is 19.3. The lowest BCUT2D eigenvalue weighted by Crippen LogP contribution is -2.56. The Morgan fingerprint density at radius 3 is 2.45 bits per heavy atom. The van der Waals surface area contributed by atoms with Gasteiger partial charge < -0.3 is 19.5 Å². The molecule has 8 nitrogen and oxygen atoms in total. The Hall–Kier alpha value is -2.48. The highest BCUT2D eigenvalue weighted by Crippen LogP contribution is 2.22. The lowest BCUT2D eigenvalue weighted by molar-refractivity contribution is -0.148. The van der Waals surface area contributed by atoms with E-state index in [1.54, 1.807) is 45.0 Å². The fourth-order valence-electron chi connectivity index (χ4n) is 2.94. The molecule has 1 fully saturated rings. The van der Waals surface area contributed by atoms with Gasteiger partial charge >= 0.3 is 12.1 Å². The number of benzene rings is 1. The Balaban J connectivity index is 1.92. The van der Waals surface area contributed by atoms with Crippen LogP contribution in [0.5, 0.6) is 5.75 Å². The third kappa shape index (κ3) is 7.12. The highest BCUT2D eigenvalue weighted by molar-refractivity contribution is 6.30. The first-order valence-corrected chi connectivity index (χ1v) is 9.72. The molecule has 1 aliphatic rings. The maximum atomic E-state index is 12.4. The van der Waals surface area contributed by atoms with Crippen molar-refractivity contribution in [2.24, 2.45) is 0 Å². The Morgan fingerprint density at radius 1 is 1.21 bits per heavy atom. The number of hydrogen-bond donors (Lipinski definition) is 1. The summed E-state index contributed by atoms with van der Waals surface area (Å²) in [6.07, 6.45) is 0.140. The van der Waals surface area contributed by atoms with Crippen molar-refractivity contribution in [3.8, 4) is 5.75 Å². The average molecular weight is 427 g/mol. The lowest BCUT2D eigenvalue weighted by Gasteiger charge is -2.38. The molecule has 29 heavy (non-hydrogen) atoms. The molecule has 2 atom stereocenters. The second-order valence-corrected chi connectivity index (χ2v) is 8.18. The summed E-state index contributed by atoms with van der Waals surface area (Å²) in [5.74, 6) is -0.344. The summed E-state index contributed by atoms with van der Waals surface area (Å²) in [5, 5.41) is 3.42. The summed E-state index contributed by atoms with van der Waals surface area (Å²) in [6, 6.07) is 5.56. The number of rotatable bonds is 5. The quantitative estimate of drug-likeness (QED) is 0.727. The molecule has 0 saturated carbocycles. The predicted octanol–water partition coefficient (Wildman–Crippen LogP) is 2.78. The van der Waals surface area contributed by atoms with Crippen LogP contribution in [0.1, 0.15) is 33.6 Å². The third-order valence-electron chi connectivity index (χ3n) is 4.25. The van der Waals surface area contributed by atoms with Gasteiger partial charge in [0.15, 0.2) is 6.61 Å². The molecule has 1 heterocycles. The number of methoxy groups -OCH3 is 1. The van der Waals surface area contributed by atoms with Gasteiger partial charge in [-0.25, -0.2) is 9.59 Å². The molecule has 1 aromatic carbocycles. The molecule has 1 N–H and O–H groups in total. The van der Waals surface area contributed by atoms with Crippen molar-refractivity contribution in [2.75, 3.05) is 20.3 Å². The van der Waals surface area contributed by atoms with Gasteiger partial charge in [-0.3, -0.25) is 9.69 Å². The molecule has 1 saturated heterocycles. The lowest BCUT2D eigenvalue weighted by atomic mass is 9.97. The summed E-state index contributed by atoms with van der Waals surface area (Å²) in [6.45, 7) is 5.36. The van der Waals surface area contributed by atoms with Crippen LogP contribution >= 0.6 is 11.6 Å². The van der Waals surface area contributed by atoms with Crippen LogP contribution in [0.2, 0.25) is 5.02 Å². The average Bonchev–Trinajstić information content (AvgIpc) is 2.65. The topological polar surface area (TPSA) is 94.2 Å². The largest absolute Gasteiger partial charge is 0.484 e. The Kier molecular flexibility index (Phi) is 7.73. The molecule has 2 rings (SSSR count). The van der Waals surface area contributed by atoms with E-state index in [1.165, 1.54) is 12.0 Å². The van der Waals surface area contributed by atoms with E-state index < -0.39 is 23.7 Å². The molecular formula is C20H27ClN2O6. The van der Waals surface area contributed by atoms with Crippen LogP contribution in [0.25, 0.3) is 0 Å². The maximum absolute atomic E-state index is 12.4. The zero-order valence-electron chi connectivity index (χ0n) is 17.1. The molecule has 0 radical (unpaired) electrons. The summed E-state index contributed by atoms with van der Waals surface area (Å²) < 4.78 is 15.6. The number of carbonyl (C=O) groups is 3. The highest BCUT2D eigenvalue weighted by Gasteiger charge is 2.39. The number of piperidine rings is 1. The molecule has 9 heteroatoms. The number of hydrogen-bond acceptors (Lipinski definition) is 6. The van der Waals surface area contributed by atoms with E-state index >= 15 is 0 Å². The van der Waals surface area contributed by atoms with Gasteiger partial charge in [0.05, 0.1) is 7.11 Å². The number of ether oxygens (including phenoxy) is 3. The predicted molar refractivity (Wildman–Crippen MR) is 107 cm³/mol. The fourth-order valence-corrected chi connectivity index (χ4v) is 3.07. The molecule has 160 valence electrons. The van der Waals surface area contributed by atoms with Crippen LogP contribution in [-0.2, 0) is 19.1 Å². The van der Waals surface area contributed by atoms with Crippen molar-refractivity contribution in [2.45, 2.75) is 51.3 Å². The van der Waals surface area contributed by atoms with Gasteiger partial charge in [0.25, 0.3) is 5.91 Å². The van der Waals surface area contributed by atoms with Gasteiger partial charge in [0, 0.05) is 17.6 Å². The van der Waals surface area contributed by atoms with E-state index in [0.717, 1.165) is 0 Å². The minimum Gasteiger partial charge on any atom is -0.484 e. The van der Waals surface area contributed by atoms with Crippen LogP contribution in [0, 0.1) is 0 Å². The van der Waals surface area contributed by atoms with Crippen LogP contribution < -0.4 is 10.1 Å². The second-order valence-electron chi connectivity index (χ2n) is 7.74. The molecular weight excluding hydrogens is 400 g/mol. The zero-order chi connectivity index (χ0) is 21.6. The minimum absolute atomic E-state index is 0.170. The van der Waals surface area contributed by atoms with Gasteiger partial charge in [-0.1, -0.05) is 11.6 Å².